The van der Waals surface area contributed by atoms with Crippen molar-refractivity contribution >= 4 is 5.91 Å². The molecular weight excluding hydrogens is 340 g/mol. The van der Waals surface area contributed by atoms with Crippen molar-refractivity contribution in [1.82, 2.24) is 4.90 Å². The molecule has 3 rings (SSSR count). The SMILES string of the molecule is CC1(C)CN(C(=O)c2ccccc2OCCOc2ccccc2)CCC1N. The average molecular weight is 368 g/mol. The number of likely N-dealkylation sites (tertiary alicyclic amines) is 1. The Balaban J connectivity index is 1.61. The zero-order chi connectivity index (χ0) is 19.3. The molecule has 0 aromatic heterocycles. The molecule has 1 amide bonds. The number of hydrogen-bond donors (Lipinski definition) is 1. The molecule has 0 aliphatic carbocycles. The molecule has 1 aliphatic heterocycles. The van der Waals surface area contributed by atoms with Gasteiger partial charge in [-0.1, -0.05) is 44.2 Å². The lowest BCUT2D eigenvalue weighted by atomic mass is 9.79. The molecule has 1 unspecified atom stereocenters. The first kappa shape index (κ1) is 19.2. The molecule has 2 aromatic rings. The van der Waals surface area contributed by atoms with Gasteiger partial charge in [0.25, 0.3) is 5.91 Å². The number of para-hydroxylation sites is 2. The summed E-state index contributed by atoms with van der Waals surface area (Å²) in [5.41, 5.74) is 6.69. The normalized spacial score (nSPS) is 18.8. The molecule has 144 valence electrons. The van der Waals surface area contributed by atoms with Crippen molar-refractivity contribution in [2.75, 3.05) is 26.3 Å². The van der Waals surface area contributed by atoms with Crippen LogP contribution in [-0.4, -0.2) is 43.2 Å². The summed E-state index contributed by atoms with van der Waals surface area (Å²) < 4.78 is 11.5. The van der Waals surface area contributed by atoms with Crippen molar-refractivity contribution in [2.45, 2.75) is 26.3 Å². The van der Waals surface area contributed by atoms with E-state index in [0.29, 0.717) is 37.6 Å². The number of carbonyl (C=O) groups excluding carboxylic acids is 1. The van der Waals surface area contributed by atoms with Crippen LogP contribution in [0.3, 0.4) is 0 Å². The molecule has 5 nitrogen and oxygen atoms in total. The minimum absolute atomic E-state index is 0.00504. The lowest BCUT2D eigenvalue weighted by Gasteiger charge is -2.42. The maximum absolute atomic E-state index is 13.0. The first-order valence-corrected chi connectivity index (χ1v) is 9.42. The van der Waals surface area contributed by atoms with Crippen LogP contribution in [0.1, 0.15) is 30.6 Å². The zero-order valence-electron chi connectivity index (χ0n) is 16.1. The van der Waals surface area contributed by atoms with Crippen molar-refractivity contribution in [3.63, 3.8) is 0 Å². The van der Waals surface area contributed by atoms with E-state index in [1.54, 1.807) is 0 Å². The van der Waals surface area contributed by atoms with E-state index < -0.39 is 0 Å². The van der Waals surface area contributed by atoms with Crippen LogP contribution in [0.2, 0.25) is 0 Å². The van der Waals surface area contributed by atoms with E-state index in [1.165, 1.54) is 0 Å². The second-order valence-electron chi connectivity index (χ2n) is 7.62. The molecule has 1 fully saturated rings. The molecule has 0 bridgehead atoms. The second kappa shape index (κ2) is 8.44. The molecule has 1 heterocycles. The van der Waals surface area contributed by atoms with Gasteiger partial charge in [0.2, 0.25) is 0 Å². The largest absolute Gasteiger partial charge is 0.490 e. The van der Waals surface area contributed by atoms with Crippen LogP contribution in [-0.2, 0) is 0 Å². The highest BCUT2D eigenvalue weighted by molar-refractivity contribution is 5.97. The Kier molecular flexibility index (Phi) is 6.01. The Hall–Kier alpha value is -2.53. The van der Waals surface area contributed by atoms with Crippen LogP contribution < -0.4 is 15.2 Å². The van der Waals surface area contributed by atoms with Crippen LogP contribution in [0.15, 0.2) is 54.6 Å². The zero-order valence-corrected chi connectivity index (χ0v) is 16.1. The Morgan fingerprint density at radius 3 is 2.48 bits per heavy atom. The predicted octanol–water partition coefficient (Wildman–Crippen LogP) is 3.34. The van der Waals surface area contributed by atoms with E-state index in [9.17, 15) is 4.79 Å². The fourth-order valence-corrected chi connectivity index (χ4v) is 3.31. The molecule has 5 heteroatoms. The number of carbonyl (C=O) groups is 1. The maximum atomic E-state index is 13.0. The topological polar surface area (TPSA) is 64.8 Å². The van der Waals surface area contributed by atoms with Crippen LogP contribution in [0.4, 0.5) is 0 Å². The number of benzene rings is 2. The molecule has 1 saturated heterocycles. The van der Waals surface area contributed by atoms with Gasteiger partial charge in [0.05, 0.1) is 5.56 Å². The highest BCUT2D eigenvalue weighted by atomic mass is 16.5. The molecule has 0 radical (unpaired) electrons. The summed E-state index contributed by atoms with van der Waals surface area (Å²) in [5.74, 6) is 1.39. The van der Waals surface area contributed by atoms with Gasteiger partial charge >= 0.3 is 0 Å². The monoisotopic (exact) mass is 368 g/mol. The van der Waals surface area contributed by atoms with Crippen molar-refractivity contribution < 1.29 is 14.3 Å². The van der Waals surface area contributed by atoms with Gasteiger partial charge in [-0.25, -0.2) is 0 Å². The first-order valence-electron chi connectivity index (χ1n) is 9.42. The van der Waals surface area contributed by atoms with Gasteiger partial charge in [0, 0.05) is 19.1 Å². The Morgan fingerprint density at radius 1 is 1.07 bits per heavy atom. The summed E-state index contributed by atoms with van der Waals surface area (Å²) >= 11 is 0. The minimum Gasteiger partial charge on any atom is -0.490 e. The van der Waals surface area contributed by atoms with Crippen LogP contribution in [0.25, 0.3) is 0 Å². The third kappa shape index (κ3) is 4.80. The third-order valence-electron chi connectivity index (χ3n) is 5.07. The molecule has 2 N–H and O–H groups in total. The third-order valence-corrected chi connectivity index (χ3v) is 5.07. The van der Waals surface area contributed by atoms with Gasteiger partial charge in [0.1, 0.15) is 24.7 Å². The van der Waals surface area contributed by atoms with Crippen LogP contribution >= 0.6 is 0 Å². The quantitative estimate of drug-likeness (QED) is 0.794. The summed E-state index contributed by atoms with van der Waals surface area (Å²) in [6.45, 7) is 6.34. The first-order chi connectivity index (χ1) is 13.0. The number of nitrogens with zero attached hydrogens (tertiary/aromatic N) is 1. The fourth-order valence-electron chi connectivity index (χ4n) is 3.31. The van der Waals surface area contributed by atoms with Crippen LogP contribution in [0.5, 0.6) is 11.5 Å². The van der Waals surface area contributed by atoms with E-state index in [2.05, 4.69) is 13.8 Å². The van der Waals surface area contributed by atoms with Gasteiger partial charge in [0.15, 0.2) is 0 Å². The summed E-state index contributed by atoms with van der Waals surface area (Å²) in [7, 11) is 0. The Morgan fingerprint density at radius 2 is 1.74 bits per heavy atom. The number of piperidine rings is 1. The number of nitrogens with two attached hydrogens (primary N) is 1. The number of amides is 1. The molecule has 27 heavy (non-hydrogen) atoms. The van der Waals surface area contributed by atoms with E-state index in [4.69, 9.17) is 15.2 Å². The number of ether oxygens (including phenoxy) is 2. The van der Waals surface area contributed by atoms with Crippen LogP contribution in [0, 0.1) is 5.41 Å². The second-order valence-corrected chi connectivity index (χ2v) is 7.62. The lowest BCUT2D eigenvalue weighted by Crippen LogP contribution is -2.54. The highest BCUT2D eigenvalue weighted by Gasteiger charge is 2.36. The summed E-state index contributed by atoms with van der Waals surface area (Å²) in [6, 6.07) is 17.1. The standard InChI is InChI=1S/C22H28N2O3/c1-22(2)16-24(13-12-20(22)23)21(25)18-10-6-7-11-19(18)27-15-14-26-17-8-4-3-5-9-17/h3-11,20H,12-16,23H2,1-2H3. The van der Waals surface area contributed by atoms with Crippen molar-refractivity contribution in [2.24, 2.45) is 11.1 Å². The molecule has 1 aliphatic rings. The van der Waals surface area contributed by atoms with E-state index in [0.717, 1.165) is 12.2 Å². The molecule has 1 atom stereocenters. The number of rotatable bonds is 6. The molecule has 0 spiro atoms. The van der Waals surface area contributed by atoms with E-state index >= 15 is 0 Å². The van der Waals surface area contributed by atoms with Gasteiger partial charge in [-0.3, -0.25) is 4.79 Å². The van der Waals surface area contributed by atoms with Gasteiger partial charge < -0.3 is 20.1 Å². The molecule has 2 aromatic carbocycles. The summed E-state index contributed by atoms with van der Waals surface area (Å²) in [6.07, 6.45) is 0.812. The van der Waals surface area contributed by atoms with Crippen molar-refractivity contribution in [1.29, 1.82) is 0 Å². The molecular formula is C22H28N2O3. The van der Waals surface area contributed by atoms with Gasteiger partial charge in [-0.05, 0) is 36.1 Å². The predicted molar refractivity (Wildman–Crippen MR) is 106 cm³/mol. The highest BCUT2D eigenvalue weighted by Crippen LogP contribution is 2.30. The van der Waals surface area contributed by atoms with Gasteiger partial charge in [-0.15, -0.1) is 0 Å². The van der Waals surface area contributed by atoms with Crippen molar-refractivity contribution in [3.05, 3.63) is 60.2 Å². The van der Waals surface area contributed by atoms with E-state index in [-0.39, 0.29) is 17.4 Å². The van der Waals surface area contributed by atoms with Crippen molar-refractivity contribution in [3.8, 4) is 11.5 Å². The Bertz CT molecular complexity index is 761. The van der Waals surface area contributed by atoms with E-state index in [1.807, 2.05) is 59.5 Å². The smallest absolute Gasteiger partial charge is 0.257 e. The lowest BCUT2D eigenvalue weighted by molar-refractivity contribution is 0.0528. The Labute approximate surface area is 161 Å². The average Bonchev–Trinajstić information content (AvgIpc) is 2.68. The van der Waals surface area contributed by atoms with Gasteiger partial charge in [-0.2, -0.15) is 0 Å². The maximum Gasteiger partial charge on any atom is 0.257 e. The fraction of sp³-hybridized carbons (Fsp3) is 0.409. The minimum atomic E-state index is -0.0900. The summed E-state index contributed by atoms with van der Waals surface area (Å²) in [4.78, 5) is 14.9. The summed E-state index contributed by atoms with van der Waals surface area (Å²) in [5, 5.41) is 0. The number of hydrogen-bond acceptors (Lipinski definition) is 4. The molecule has 0 saturated carbocycles.